The molecule has 0 heterocycles. The Hall–Kier alpha value is 2.15. The molecule has 0 radical (unpaired) electrons. The monoisotopic (exact) mass is 378 g/mol. The summed E-state index contributed by atoms with van der Waals surface area (Å²) in [4.78, 5) is 0. The molecule has 0 aromatic heterocycles. The topological polar surface area (TPSA) is 0 Å². The van der Waals surface area contributed by atoms with Crippen LogP contribution in [0.2, 0.25) is 0 Å². The zero-order valence-corrected chi connectivity index (χ0v) is 8.34. The van der Waals surface area contributed by atoms with Gasteiger partial charge >= 0.3 is 0 Å². The van der Waals surface area contributed by atoms with Crippen LogP contribution in [-0.2, 0) is 0 Å². The molecule has 0 aromatic carbocycles. The first kappa shape index (κ1) is 58.6. The first-order valence-electron chi connectivity index (χ1n) is 0. The van der Waals surface area contributed by atoms with Crippen molar-refractivity contribution in [2.75, 3.05) is 0 Å². The molecule has 0 aliphatic carbocycles. The Morgan fingerprint density at radius 3 is 0.400 bits per heavy atom. The minimum atomic E-state index is 0. The summed E-state index contributed by atoms with van der Waals surface area (Å²) >= 11 is 0. The van der Waals surface area contributed by atoms with Gasteiger partial charge in [0.25, 0.3) is 0 Å². The summed E-state index contributed by atoms with van der Waals surface area (Å²) < 4.78 is 0. The SMILES string of the molecule is [Cl-].[Cl-].[Cl-].[Cl-].[Pu]. The number of hydrogen-bond donors (Lipinski definition) is 0. The Bertz CT molecular complexity index is 3.61. The van der Waals surface area contributed by atoms with Gasteiger partial charge in [0, 0.05) is 29.2 Å². The van der Waals surface area contributed by atoms with Crippen LogP contribution in [0, 0.1) is 29.2 Å². The third kappa shape index (κ3) is 22.9. The summed E-state index contributed by atoms with van der Waals surface area (Å²) in [5, 5.41) is 0. The summed E-state index contributed by atoms with van der Waals surface area (Å²) in [5.41, 5.74) is 0. The molecule has 0 amide bonds. The first-order valence-corrected chi connectivity index (χ1v) is 0. The zero-order chi connectivity index (χ0) is 0. The van der Waals surface area contributed by atoms with E-state index in [2.05, 4.69) is 0 Å². The van der Waals surface area contributed by atoms with Gasteiger partial charge in [0.2, 0.25) is 0 Å². The van der Waals surface area contributed by atoms with E-state index < -0.39 is 0 Å². The second-order valence-corrected chi connectivity index (χ2v) is 0. The van der Waals surface area contributed by atoms with Crippen molar-refractivity contribution < 1.29 is 78.8 Å². The van der Waals surface area contributed by atoms with Crippen LogP contribution in [0.25, 0.3) is 0 Å². The molecule has 5 heteroatoms. The van der Waals surface area contributed by atoms with E-state index in [0.29, 0.717) is 0 Å². The summed E-state index contributed by atoms with van der Waals surface area (Å²) in [6.45, 7) is 0. The summed E-state index contributed by atoms with van der Waals surface area (Å²) in [6.07, 6.45) is 0. The number of rotatable bonds is 0. The van der Waals surface area contributed by atoms with Crippen molar-refractivity contribution in [3.63, 3.8) is 0 Å². The van der Waals surface area contributed by atoms with Gasteiger partial charge in [0.1, 0.15) is 0 Å². The van der Waals surface area contributed by atoms with Gasteiger partial charge in [-0.2, -0.15) is 0 Å². The van der Waals surface area contributed by atoms with E-state index >= 15 is 0 Å². The minimum absolute atomic E-state index is 0. The fraction of sp³-hybridized carbons (Fsp3) is 0. The first-order chi connectivity index (χ1) is 0. The molecule has 0 fully saturated rings. The molecule has 0 bridgehead atoms. The van der Waals surface area contributed by atoms with Gasteiger partial charge in [-0.1, -0.05) is 0 Å². The molecular formula is Cl4Pu-4. The van der Waals surface area contributed by atoms with Crippen molar-refractivity contribution in [3.8, 4) is 0 Å². The van der Waals surface area contributed by atoms with E-state index in [9.17, 15) is 0 Å². The van der Waals surface area contributed by atoms with Crippen LogP contribution in [0.5, 0.6) is 0 Å². The Labute approximate surface area is 78.0 Å². The molecule has 5 heavy (non-hydrogen) atoms. The molecule has 0 spiro atoms. The fourth-order valence-corrected chi connectivity index (χ4v) is 0. The zero-order valence-electron chi connectivity index (χ0n) is 1.92. The van der Waals surface area contributed by atoms with Crippen molar-refractivity contribution in [1.29, 1.82) is 0 Å². The smallest absolute Gasteiger partial charge is 0 e. The van der Waals surface area contributed by atoms with Crippen LogP contribution in [0.4, 0.5) is 0 Å². The van der Waals surface area contributed by atoms with Crippen LogP contribution in [-0.4, -0.2) is 0 Å². The van der Waals surface area contributed by atoms with E-state index in [1.54, 1.807) is 0 Å². The minimum Gasteiger partial charge on any atom is -1.00 e. The van der Waals surface area contributed by atoms with Crippen molar-refractivity contribution in [1.82, 2.24) is 0 Å². The molecule has 38 valence electrons. The molecule has 0 unspecified atom stereocenters. The van der Waals surface area contributed by atoms with E-state index in [-0.39, 0.29) is 78.8 Å². The number of hydrogen-bond acceptors (Lipinski definition) is 0. The van der Waals surface area contributed by atoms with E-state index in [1.807, 2.05) is 0 Å². The van der Waals surface area contributed by atoms with Crippen molar-refractivity contribution in [2.24, 2.45) is 0 Å². The van der Waals surface area contributed by atoms with Crippen LogP contribution in [0.3, 0.4) is 0 Å². The average Bonchev–Trinajstić information content (AvgIpc) is 0. The van der Waals surface area contributed by atoms with Crippen LogP contribution < -0.4 is 49.6 Å². The Morgan fingerprint density at radius 1 is 0.400 bits per heavy atom. The Morgan fingerprint density at radius 2 is 0.400 bits per heavy atom. The van der Waals surface area contributed by atoms with Crippen molar-refractivity contribution >= 4 is 0 Å². The predicted octanol–water partition coefficient (Wildman–Crippen LogP) is -12.0. The normalized spacial score (nSPS) is 0. The van der Waals surface area contributed by atoms with Gasteiger partial charge in [-0.3, -0.25) is 0 Å². The molecule has 0 aliphatic heterocycles. The summed E-state index contributed by atoms with van der Waals surface area (Å²) in [7, 11) is 0. The standard InChI is InChI=1S/4ClH.Pu/h4*1H;/p-4. The predicted molar refractivity (Wildman–Crippen MR) is 0 cm³/mol. The van der Waals surface area contributed by atoms with Gasteiger partial charge in [-0.15, -0.1) is 0 Å². The van der Waals surface area contributed by atoms with Crippen molar-refractivity contribution in [3.05, 3.63) is 0 Å². The fourth-order valence-electron chi connectivity index (χ4n) is 0. The molecule has 0 saturated carbocycles. The summed E-state index contributed by atoms with van der Waals surface area (Å²) in [5.74, 6) is 0. The third-order valence-corrected chi connectivity index (χ3v) is 0. The molecule has 0 aromatic rings. The molecule has 0 rings (SSSR count). The number of halogens is 4. The molecule has 0 atom stereocenters. The van der Waals surface area contributed by atoms with Crippen LogP contribution >= 0.6 is 0 Å². The quantitative estimate of drug-likeness (QED) is 0.388. The van der Waals surface area contributed by atoms with Gasteiger partial charge < -0.3 is 49.6 Å². The average molecular weight is 386 g/mol. The van der Waals surface area contributed by atoms with Gasteiger partial charge in [0.05, 0.1) is 0 Å². The van der Waals surface area contributed by atoms with E-state index in [0.717, 1.165) is 0 Å². The molecular weight excluding hydrogens is 386 g/mol. The maximum atomic E-state index is 0. The summed E-state index contributed by atoms with van der Waals surface area (Å²) in [6, 6.07) is 0. The van der Waals surface area contributed by atoms with Gasteiger partial charge in [-0.25, -0.2) is 0 Å². The molecule has 0 saturated heterocycles. The van der Waals surface area contributed by atoms with Crippen molar-refractivity contribution in [2.45, 2.75) is 0 Å². The van der Waals surface area contributed by atoms with E-state index in [4.69, 9.17) is 0 Å². The Kier molecular flexibility index (Phi) is 414. The molecule has 0 nitrogen and oxygen atoms in total. The van der Waals surface area contributed by atoms with Crippen LogP contribution in [0.15, 0.2) is 0 Å². The second-order valence-electron chi connectivity index (χ2n) is 0. The molecule has 0 aliphatic rings. The third-order valence-electron chi connectivity index (χ3n) is 0. The maximum absolute atomic E-state index is 0. The van der Waals surface area contributed by atoms with Gasteiger partial charge in [0.15, 0.2) is 0 Å². The molecule has 0 N–H and O–H groups in total. The van der Waals surface area contributed by atoms with Crippen LogP contribution in [0.1, 0.15) is 0 Å². The Balaban J connectivity index is 0. The second kappa shape index (κ2) is 35.3. The van der Waals surface area contributed by atoms with Gasteiger partial charge in [-0.05, 0) is 0 Å². The largest absolute Gasteiger partial charge is 1.00 e. The van der Waals surface area contributed by atoms with E-state index in [1.165, 1.54) is 0 Å². The maximum Gasteiger partial charge on any atom is 0 e.